The zero-order valence-corrected chi connectivity index (χ0v) is 12.0. The van der Waals surface area contributed by atoms with Gasteiger partial charge in [-0.2, -0.15) is 5.26 Å². The summed E-state index contributed by atoms with van der Waals surface area (Å²) in [5.41, 5.74) is 0.849. The van der Waals surface area contributed by atoms with Gasteiger partial charge in [0.05, 0.1) is 11.3 Å². The van der Waals surface area contributed by atoms with Gasteiger partial charge in [-0.15, -0.1) is 0 Å². The van der Waals surface area contributed by atoms with E-state index in [1.54, 1.807) is 29.2 Å². The van der Waals surface area contributed by atoms with Crippen LogP contribution in [-0.2, 0) is 9.59 Å². The summed E-state index contributed by atoms with van der Waals surface area (Å²) in [6, 6.07) is 8.78. The monoisotopic (exact) mass is 285 g/mol. The molecular weight excluding hydrogens is 266 g/mol. The molecule has 0 saturated carbocycles. The molecule has 5 heteroatoms. The maximum atomic E-state index is 12.1. The fourth-order valence-electron chi connectivity index (χ4n) is 2.45. The Labute approximate surface area is 124 Å². The first-order chi connectivity index (χ1) is 10.2. The van der Waals surface area contributed by atoms with Crippen molar-refractivity contribution in [1.82, 2.24) is 4.90 Å². The van der Waals surface area contributed by atoms with Crippen LogP contribution in [-0.4, -0.2) is 29.8 Å². The Bertz CT molecular complexity index is 555. The predicted octanol–water partition coefficient (Wildman–Crippen LogP) is 2.29. The lowest BCUT2D eigenvalue weighted by atomic mass is 10.2. The highest BCUT2D eigenvalue weighted by Crippen LogP contribution is 2.15. The molecule has 0 radical (unpaired) electrons. The molecule has 0 aliphatic carbocycles. The van der Waals surface area contributed by atoms with Gasteiger partial charge in [0, 0.05) is 13.1 Å². The predicted molar refractivity (Wildman–Crippen MR) is 79.5 cm³/mol. The molecule has 0 bridgehead atoms. The fraction of sp³-hybridized carbons (Fsp3) is 0.438. The minimum atomic E-state index is -0.369. The van der Waals surface area contributed by atoms with Crippen molar-refractivity contribution >= 4 is 17.5 Å². The molecule has 1 fully saturated rings. The van der Waals surface area contributed by atoms with Crippen molar-refractivity contribution in [3.05, 3.63) is 29.8 Å². The molecule has 1 aliphatic heterocycles. The lowest BCUT2D eigenvalue weighted by Gasteiger charge is -2.20. The van der Waals surface area contributed by atoms with Crippen LogP contribution in [0.1, 0.15) is 37.7 Å². The van der Waals surface area contributed by atoms with Gasteiger partial charge < -0.3 is 10.2 Å². The molecule has 1 saturated heterocycles. The standard InChI is InChI=1S/C16H19N3O2/c17-12-13-7-3-4-8-14(13)18-15(20)11-16(21)19-9-5-1-2-6-10-19/h3-4,7-8H,1-2,5-6,9-11H2,(H,18,20). The number of anilines is 1. The minimum absolute atomic E-state index is 0.135. The summed E-state index contributed by atoms with van der Waals surface area (Å²) in [5.74, 6) is -0.504. The molecule has 2 rings (SSSR count). The molecule has 21 heavy (non-hydrogen) atoms. The van der Waals surface area contributed by atoms with E-state index in [1.807, 2.05) is 6.07 Å². The number of benzene rings is 1. The van der Waals surface area contributed by atoms with Gasteiger partial charge in [-0.05, 0) is 25.0 Å². The smallest absolute Gasteiger partial charge is 0.233 e. The molecule has 1 N–H and O–H groups in total. The van der Waals surface area contributed by atoms with Crippen molar-refractivity contribution in [3.63, 3.8) is 0 Å². The first-order valence-electron chi connectivity index (χ1n) is 7.27. The van der Waals surface area contributed by atoms with Gasteiger partial charge in [0.2, 0.25) is 11.8 Å². The van der Waals surface area contributed by atoms with Crippen LogP contribution < -0.4 is 5.32 Å². The maximum absolute atomic E-state index is 12.1. The summed E-state index contributed by atoms with van der Waals surface area (Å²) in [6.07, 6.45) is 4.13. The van der Waals surface area contributed by atoms with Crippen LogP contribution in [0.15, 0.2) is 24.3 Å². The van der Waals surface area contributed by atoms with E-state index in [9.17, 15) is 9.59 Å². The number of carbonyl (C=O) groups is 2. The summed E-state index contributed by atoms with van der Waals surface area (Å²) in [5, 5.41) is 11.6. The van der Waals surface area contributed by atoms with Crippen LogP contribution in [0.25, 0.3) is 0 Å². The average Bonchev–Trinajstić information content (AvgIpc) is 2.76. The molecular formula is C16H19N3O2. The second kappa shape index (κ2) is 7.44. The SMILES string of the molecule is N#Cc1ccccc1NC(=O)CC(=O)N1CCCCCC1. The zero-order chi connectivity index (χ0) is 15.1. The number of para-hydroxylation sites is 1. The van der Waals surface area contributed by atoms with Gasteiger partial charge in [-0.1, -0.05) is 25.0 Å². The van der Waals surface area contributed by atoms with E-state index in [4.69, 9.17) is 5.26 Å². The molecule has 5 nitrogen and oxygen atoms in total. The Morgan fingerprint density at radius 1 is 1.14 bits per heavy atom. The number of rotatable bonds is 3. The minimum Gasteiger partial charge on any atom is -0.342 e. The summed E-state index contributed by atoms with van der Waals surface area (Å²) in [4.78, 5) is 25.8. The second-order valence-electron chi connectivity index (χ2n) is 5.18. The topological polar surface area (TPSA) is 73.2 Å². The van der Waals surface area contributed by atoms with Crippen LogP contribution in [0.4, 0.5) is 5.69 Å². The van der Waals surface area contributed by atoms with Crippen LogP contribution in [0, 0.1) is 11.3 Å². The highest BCUT2D eigenvalue weighted by Gasteiger charge is 2.18. The Kier molecular flexibility index (Phi) is 5.33. The quantitative estimate of drug-likeness (QED) is 0.866. The van der Waals surface area contributed by atoms with Crippen LogP contribution in [0.3, 0.4) is 0 Å². The third-order valence-electron chi connectivity index (χ3n) is 3.59. The third-order valence-corrected chi connectivity index (χ3v) is 3.59. The lowest BCUT2D eigenvalue weighted by molar-refractivity contribution is -0.134. The van der Waals surface area contributed by atoms with E-state index < -0.39 is 0 Å². The molecule has 0 aromatic heterocycles. The first kappa shape index (κ1) is 15.0. The van der Waals surface area contributed by atoms with Crippen molar-refractivity contribution < 1.29 is 9.59 Å². The number of hydrogen-bond acceptors (Lipinski definition) is 3. The van der Waals surface area contributed by atoms with Crippen molar-refractivity contribution in [3.8, 4) is 6.07 Å². The van der Waals surface area contributed by atoms with E-state index in [-0.39, 0.29) is 18.2 Å². The Hall–Kier alpha value is -2.35. The van der Waals surface area contributed by atoms with E-state index in [1.165, 1.54) is 0 Å². The lowest BCUT2D eigenvalue weighted by Crippen LogP contribution is -2.34. The molecule has 1 heterocycles. The molecule has 1 aromatic rings. The number of amides is 2. The second-order valence-corrected chi connectivity index (χ2v) is 5.18. The summed E-state index contributed by atoms with van der Waals surface area (Å²) in [6.45, 7) is 1.47. The molecule has 1 aliphatic rings. The molecule has 110 valence electrons. The number of likely N-dealkylation sites (tertiary alicyclic amines) is 1. The van der Waals surface area contributed by atoms with Crippen molar-refractivity contribution in [2.75, 3.05) is 18.4 Å². The van der Waals surface area contributed by atoms with Gasteiger partial charge in [0.15, 0.2) is 0 Å². The zero-order valence-electron chi connectivity index (χ0n) is 12.0. The Morgan fingerprint density at radius 3 is 2.48 bits per heavy atom. The number of nitrogens with one attached hydrogen (secondary N) is 1. The summed E-state index contributed by atoms with van der Waals surface area (Å²) < 4.78 is 0. The van der Waals surface area contributed by atoms with Crippen LogP contribution >= 0.6 is 0 Å². The van der Waals surface area contributed by atoms with Gasteiger partial charge in [-0.25, -0.2) is 0 Å². The number of hydrogen-bond donors (Lipinski definition) is 1. The average molecular weight is 285 g/mol. The van der Waals surface area contributed by atoms with Gasteiger partial charge in [-0.3, -0.25) is 9.59 Å². The summed E-state index contributed by atoms with van der Waals surface area (Å²) in [7, 11) is 0. The van der Waals surface area contributed by atoms with E-state index in [0.717, 1.165) is 38.8 Å². The molecule has 0 spiro atoms. The fourth-order valence-corrected chi connectivity index (χ4v) is 2.45. The third kappa shape index (κ3) is 4.32. The van der Waals surface area contributed by atoms with E-state index in [2.05, 4.69) is 5.32 Å². The van der Waals surface area contributed by atoms with E-state index >= 15 is 0 Å². The highest BCUT2D eigenvalue weighted by atomic mass is 16.2. The van der Waals surface area contributed by atoms with E-state index in [0.29, 0.717) is 11.3 Å². The maximum Gasteiger partial charge on any atom is 0.233 e. The Balaban J connectivity index is 1.92. The molecule has 1 aromatic carbocycles. The number of nitrogens with zero attached hydrogens (tertiary/aromatic N) is 2. The first-order valence-corrected chi connectivity index (χ1v) is 7.27. The van der Waals surface area contributed by atoms with Gasteiger partial charge in [0.25, 0.3) is 0 Å². The number of carbonyl (C=O) groups excluding carboxylic acids is 2. The van der Waals surface area contributed by atoms with Crippen LogP contribution in [0.5, 0.6) is 0 Å². The molecule has 0 unspecified atom stereocenters. The molecule has 2 amide bonds. The van der Waals surface area contributed by atoms with Crippen molar-refractivity contribution in [2.45, 2.75) is 32.1 Å². The van der Waals surface area contributed by atoms with Crippen molar-refractivity contribution in [2.24, 2.45) is 0 Å². The number of nitriles is 1. The van der Waals surface area contributed by atoms with Crippen molar-refractivity contribution in [1.29, 1.82) is 5.26 Å². The highest BCUT2D eigenvalue weighted by molar-refractivity contribution is 6.04. The Morgan fingerprint density at radius 2 is 1.81 bits per heavy atom. The summed E-state index contributed by atoms with van der Waals surface area (Å²) >= 11 is 0. The van der Waals surface area contributed by atoms with Gasteiger partial charge in [0.1, 0.15) is 12.5 Å². The van der Waals surface area contributed by atoms with Crippen LogP contribution in [0.2, 0.25) is 0 Å². The molecule has 0 atom stereocenters. The van der Waals surface area contributed by atoms with Gasteiger partial charge >= 0.3 is 0 Å². The largest absolute Gasteiger partial charge is 0.342 e. The normalized spacial score (nSPS) is 14.9.